The van der Waals surface area contributed by atoms with Gasteiger partial charge in [-0.25, -0.2) is 4.79 Å². The van der Waals surface area contributed by atoms with E-state index in [1.807, 2.05) is 42.5 Å². The van der Waals surface area contributed by atoms with Crippen LogP contribution in [0.4, 0.5) is 5.69 Å². The fraction of sp³-hybridized carbons (Fsp3) is 0.143. The van der Waals surface area contributed by atoms with Crippen LogP contribution in [-0.4, -0.2) is 35.3 Å². The average molecular weight is 488 g/mol. The molecule has 35 heavy (non-hydrogen) atoms. The lowest BCUT2D eigenvalue weighted by Gasteiger charge is -2.09. The van der Waals surface area contributed by atoms with Gasteiger partial charge in [0, 0.05) is 22.8 Å². The fourth-order valence-electron chi connectivity index (χ4n) is 3.58. The summed E-state index contributed by atoms with van der Waals surface area (Å²) >= 11 is 1.63. The Balaban J connectivity index is 1.37. The van der Waals surface area contributed by atoms with E-state index in [1.54, 1.807) is 30.0 Å². The molecule has 6 nitrogen and oxygen atoms in total. The summed E-state index contributed by atoms with van der Waals surface area (Å²) in [5.74, 6) is -0.562. The third-order valence-corrected chi connectivity index (χ3v) is 6.31. The molecule has 178 valence electrons. The van der Waals surface area contributed by atoms with Gasteiger partial charge in [-0.2, -0.15) is 0 Å². The minimum Gasteiger partial charge on any atom is -0.493 e. The number of para-hydroxylation sites is 1. The van der Waals surface area contributed by atoms with Gasteiger partial charge in [-0.05, 0) is 64.9 Å². The van der Waals surface area contributed by atoms with Crippen molar-refractivity contribution in [3.05, 3.63) is 96.1 Å². The van der Waals surface area contributed by atoms with E-state index in [4.69, 9.17) is 9.84 Å². The fourth-order valence-corrected chi connectivity index (χ4v) is 4.45. The van der Waals surface area contributed by atoms with E-state index in [9.17, 15) is 14.7 Å². The van der Waals surface area contributed by atoms with Crippen LogP contribution in [0.1, 0.15) is 22.3 Å². The zero-order chi connectivity index (χ0) is 24.6. The van der Waals surface area contributed by atoms with E-state index in [2.05, 4.69) is 23.5 Å². The van der Waals surface area contributed by atoms with Crippen molar-refractivity contribution in [2.24, 2.45) is 0 Å². The molecule has 0 bridgehead atoms. The minimum atomic E-state index is -1.08. The summed E-state index contributed by atoms with van der Waals surface area (Å²) < 4.78 is 5.65. The number of carbonyl (C=O) groups is 2. The Morgan fingerprint density at radius 2 is 1.57 bits per heavy atom. The number of amides is 1. The predicted molar refractivity (Wildman–Crippen MR) is 137 cm³/mol. The molecule has 0 spiro atoms. The number of aliphatic hydroxyl groups is 1. The SMILES string of the molecule is O=C(Cc1ccc(Sc2ccc3cc(OCCCO)ccc3c2)cc1)Nc1ccccc1C(=O)O. The molecule has 0 saturated carbocycles. The molecule has 0 unspecified atom stereocenters. The Kier molecular flexibility index (Phi) is 8.03. The summed E-state index contributed by atoms with van der Waals surface area (Å²) in [5.41, 5.74) is 1.19. The molecule has 0 radical (unpaired) electrons. The molecule has 4 rings (SSSR count). The summed E-state index contributed by atoms with van der Waals surface area (Å²) in [4.78, 5) is 25.9. The van der Waals surface area contributed by atoms with Crippen molar-refractivity contribution < 1.29 is 24.5 Å². The smallest absolute Gasteiger partial charge is 0.337 e. The van der Waals surface area contributed by atoms with Gasteiger partial charge in [-0.15, -0.1) is 0 Å². The number of carbonyl (C=O) groups excluding carboxylic acids is 1. The second-order valence-electron chi connectivity index (χ2n) is 7.92. The molecule has 4 aromatic carbocycles. The minimum absolute atomic E-state index is 0.0634. The normalized spacial score (nSPS) is 10.8. The van der Waals surface area contributed by atoms with Gasteiger partial charge < -0.3 is 20.3 Å². The maximum atomic E-state index is 12.4. The molecule has 0 aliphatic carbocycles. The molecular formula is C28H25NO5S. The Bertz CT molecular complexity index is 1340. The summed E-state index contributed by atoms with van der Waals surface area (Å²) in [7, 11) is 0. The highest BCUT2D eigenvalue weighted by atomic mass is 32.2. The number of ether oxygens (including phenoxy) is 1. The molecule has 0 aliphatic heterocycles. The maximum absolute atomic E-state index is 12.4. The molecule has 1 amide bonds. The highest BCUT2D eigenvalue weighted by Crippen LogP contribution is 2.31. The van der Waals surface area contributed by atoms with Gasteiger partial charge in [0.2, 0.25) is 5.91 Å². The third kappa shape index (κ3) is 6.62. The number of aliphatic hydroxyl groups excluding tert-OH is 1. The lowest BCUT2D eigenvalue weighted by atomic mass is 10.1. The highest BCUT2D eigenvalue weighted by Gasteiger charge is 2.12. The van der Waals surface area contributed by atoms with Crippen molar-refractivity contribution in [1.29, 1.82) is 0 Å². The second kappa shape index (κ2) is 11.6. The van der Waals surface area contributed by atoms with E-state index in [0.29, 0.717) is 13.0 Å². The molecule has 0 saturated heterocycles. The Hall–Kier alpha value is -3.81. The van der Waals surface area contributed by atoms with E-state index in [0.717, 1.165) is 31.9 Å². The molecule has 0 aromatic heterocycles. The first-order chi connectivity index (χ1) is 17.0. The Morgan fingerprint density at radius 1 is 0.857 bits per heavy atom. The second-order valence-corrected chi connectivity index (χ2v) is 9.07. The van der Waals surface area contributed by atoms with E-state index in [-0.39, 0.29) is 30.2 Å². The lowest BCUT2D eigenvalue weighted by Crippen LogP contribution is -2.16. The topological polar surface area (TPSA) is 95.9 Å². The summed E-state index contributed by atoms with van der Waals surface area (Å²) in [6, 6.07) is 26.3. The van der Waals surface area contributed by atoms with E-state index in [1.165, 1.54) is 6.07 Å². The van der Waals surface area contributed by atoms with Gasteiger partial charge in [-0.1, -0.05) is 48.2 Å². The summed E-state index contributed by atoms with van der Waals surface area (Å²) in [6.07, 6.45) is 0.757. The Labute approximate surface area is 207 Å². The van der Waals surface area contributed by atoms with Crippen LogP contribution in [0, 0.1) is 0 Å². The van der Waals surface area contributed by atoms with Crippen molar-refractivity contribution >= 4 is 40.1 Å². The maximum Gasteiger partial charge on any atom is 0.337 e. The van der Waals surface area contributed by atoms with Gasteiger partial charge in [0.1, 0.15) is 5.75 Å². The first kappa shape index (κ1) is 24.3. The van der Waals surface area contributed by atoms with Gasteiger partial charge in [0.05, 0.1) is 24.3 Å². The monoisotopic (exact) mass is 487 g/mol. The highest BCUT2D eigenvalue weighted by molar-refractivity contribution is 7.99. The van der Waals surface area contributed by atoms with Crippen LogP contribution in [-0.2, 0) is 11.2 Å². The Morgan fingerprint density at radius 3 is 2.34 bits per heavy atom. The van der Waals surface area contributed by atoms with E-state index >= 15 is 0 Å². The molecule has 7 heteroatoms. The lowest BCUT2D eigenvalue weighted by molar-refractivity contribution is -0.115. The van der Waals surface area contributed by atoms with Crippen LogP contribution in [0.25, 0.3) is 10.8 Å². The van der Waals surface area contributed by atoms with Gasteiger partial charge >= 0.3 is 5.97 Å². The number of fused-ring (bicyclic) bond motifs is 1. The van der Waals surface area contributed by atoms with Crippen LogP contribution in [0.15, 0.2) is 94.7 Å². The van der Waals surface area contributed by atoms with Crippen molar-refractivity contribution in [2.75, 3.05) is 18.5 Å². The zero-order valence-electron chi connectivity index (χ0n) is 18.9. The molecule has 0 fully saturated rings. The average Bonchev–Trinajstić information content (AvgIpc) is 2.85. The van der Waals surface area contributed by atoms with Gasteiger partial charge in [0.15, 0.2) is 0 Å². The van der Waals surface area contributed by atoms with Gasteiger partial charge in [0.25, 0.3) is 0 Å². The van der Waals surface area contributed by atoms with Gasteiger partial charge in [-0.3, -0.25) is 4.79 Å². The number of aromatic carboxylic acids is 1. The van der Waals surface area contributed by atoms with Crippen LogP contribution in [0.2, 0.25) is 0 Å². The molecule has 4 aromatic rings. The molecule has 3 N–H and O–H groups in total. The van der Waals surface area contributed by atoms with Crippen molar-refractivity contribution in [3.63, 3.8) is 0 Å². The third-order valence-electron chi connectivity index (χ3n) is 5.31. The first-order valence-corrected chi connectivity index (χ1v) is 12.0. The van der Waals surface area contributed by atoms with Crippen LogP contribution >= 0.6 is 11.8 Å². The predicted octanol–water partition coefficient (Wildman–Crippen LogP) is 5.63. The first-order valence-electron chi connectivity index (χ1n) is 11.2. The zero-order valence-corrected chi connectivity index (χ0v) is 19.8. The number of hydrogen-bond acceptors (Lipinski definition) is 5. The van der Waals surface area contributed by atoms with Crippen LogP contribution < -0.4 is 10.1 Å². The van der Waals surface area contributed by atoms with Crippen molar-refractivity contribution in [3.8, 4) is 5.75 Å². The molecular weight excluding hydrogens is 462 g/mol. The van der Waals surface area contributed by atoms with Crippen molar-refractivity contribution in [2.45, 2.75) is 22.6 Å². The quantitative estimate of drug-likeness (QED) is 0.251. The molecule has 0 atom stereocenters. The van der Waals surface area contributed by atoms with Crippen LogP contribution in [0.5, 0.6) is 5.75 Å². The number of hydrogen-bond donors (Lipinski definition) is 3. The van der Waals surface area contributed by atoms with E-state index < -0.39 is 5.97 Å². The number of rotatable bonds is 10. The summed E-state index contributed by atoms with van der Waals surface area (Å²) in [5, 5.41) is 23.0. The van der Waals surface area contributed by atoms with Crippen LogP contribution in [0.3, 0.4) is 0 Å². The largest absolute Gasteiger partial charge is 0.493 e. The summed E-state index contributed by atoms with van der Waals surface area (Å²) in [6.45, 7) is 0.604. The van der Waals surface area contributed by atoms with Crippen molar-refractivity contribution in [1.82, 2.24) is 0 Å². The number of benzene rings is 4. The number of nitrogens with one attached hydrogen (secondary N) is 1. The molecule has 0 heterocycles. The number of carboxylic acids is 1. The standard InChI is InChI=1S/C28H25NO5S/c30-14-3-15-34-22-10-8-21-18-24(13-9-20(21)17-22)35-23-11-6-19(7-12-23)16-27(31)29-26-5-2-1-4-25(26)28(32)33/h1-2,4-13,17-18,30H,3,14-16H2,(H,29,31)(H,32,33). The molecule has 0 aliphatic rings. The number of anilines is 1. The number of carboxylic acid groups (broad SMARTS) is 1.